The molecule has 6 nitrogen and oxygen atoms in total. The van der Waals surface area contributed by atoms with Crippen molar-refractivity contribution < 1.29 is 28.7 Å². The average molecular weight is 583 g/mol. The lowest BCUT2D eigenvalue weighted by atomic mass is 9.65. The van der Waals surface area contributed by atoms with E-state index in [4.69, 9.17) is 9.47 Å². The fraction of sp³-hybridized carbons (Fsp3) is 0.667. The molecule has 4 unspecified atom stereocenters. The fourth-order valence-electron chi connectivity index (χ4n) is 5.70. The van der Waals surface area contributed by atoms with Crippen molar-refractivity contribution in [1.82, 2.24) is 0 Å². The van der Waals surface area contributed by atoms with Crippen LogP contribution < -0.4 is 0 Å². The Morgan fingerprint density at radius 1 is 0.667 bits per heavy atom. The minimum Gasteiger partial charge on any atom is -0.422 e. The van der Waals surface area contributed by atoms with E-state index in [0.29, 0.717) is 12.8 Å². The van der Waals surface area contributed by atoms with Gasteiger partial charge in [-0.05, 0) is 57.5 Å². The number of rotatable bonds is 6. The minimum atomic E-state index is -1.08. The summed E-state index contributed by atoms with van der Waals surface area (Å²) in [4.78, 5) is 51.5. The summed E-state index contributed by atoms with van der Waals surface area (Å²) in [6.07, 6.45) is 10.3. The van der Waals surface area contributed by atoms with Gasteiger partial charge in [0, 0.05) is 30.9 Å². The molecule has 0 saturated carbocycles. The molecular weight excluding hydrogens is 528 g/mol. The molecule has 0 spiro atoms. The molecule has 0 aliphatic heterocycles. The Bertz CT molecular complexity index is 1080. The third kappa shape index (κ3) is 9.64. The second kappa shape index (κ2) is 12.9. The predicted molar refractivity (Wildman–Crippen MR) is 167 cm³/mol. The van der Waals surface area contributed by atoms with Gasteiger partial charge in [0.25, 0.3) is 0 Å². The van der Waals surface area contributed by atoms with Gasteiger partial charge in [0.15, 0.2) is 11.6 Å². The number of esters is 2. The van der Waals surface area contributed by atoms with E-state index >= 15 is 0 Å². The first-order chi connectivity index (χ1) is 18.9. The second-order valence-corrected chi connectivity index (χ2v) is 16.2. The predicted octanol–water partition coefficient (Wildman–Crippen LogP) is 7.98. The molecule has 0 fully saturated rings. The number of ether oxygens (including phenoxy) is 2. The molecule has 0 aromatic heterocycles. The Morgan fingerprint density at radius 2 is 0.976 bits per heavy atom. The third-order valence-electron chi connectivity index (χ3n) is 8.17. The van der Waals surface area contributed by atoms with Crippen molar-refractivity contribution in [1.29, 1.82) is 0 Å². The molecule has 42 heavy (non-hydrogen) atoms. The maximum absolute atomic E-state index is 13.2. The van der Waals surface area contributed by atoms with Crippen molar-refractivity contribution >= 4 is 23.5 Å². The molecule has 6 heteroatoms. The lowest BCUT2D eigenvalue weighted by Crippen LogP contribution is -2.37. The van der Waals surface area contributed by atoms with Gasteiger partial charge in [-0.3, -0.25) is 9.59 Å². The highest BCUT2D eigenvalue weighted by atomic mass is 16.7. The van der Waals surface area contributed by atoms with E-state index in [1.54, 1.807) is 12.2 Å². The number of hydrogen-bond acceptors (Lipinski definition) is 6. The molecular formula is C36H54O6. The Morgan fingerprint density at radius 3 is 1.24 bits per heavy atom. The van der Waals surface area contributed by atoms with Crippen LogP contribution in [0.1, 0.15) is 103 Å². The van der Waals surface area contributed by atoms with Gasteiger partial charge < -0.3 is 9.47 Å². The molecule has 234 valence electrons. The van der Waals surface area contributed by atoms with Gasteiger partial charge in [-0.2, -0.15) is 0 Å². The van der Waals surface area contributed by atoms with E-state index < -0.39 is 18.2 Å². The largest absolute Gasteiger partial charge is 0.422 e. The van der Waals surface area contributed by atoms with E-state index in [9.17, 15) is 19.2 Å². The molecule has 4 atom stereocenters. The lowest BCUT2D eigenvalue weighted by Gasteiger charge is -2.38. The number of carbonyl (C=O) groups excluding carboxylic acids is 4. The zero-order valence-corrected chi connectivity index (χ0v) is 28.2. The number of allylic oxidation sites excluding steroid dienone is 6. The Labute approximate surface area is 254 Å². The van der Waals surface area contributed by atoms with Gasteiger partial charge in [-0.1, -0.05) is 107 Å². The van der Waals surface area contributed by atoms with Crippen LogP contribution in [0.4, 0.5) is 0 Å². The Kier molecular flexibility index (Phi) is 10.8. The molecule has 0 amide bonds. The summed E-state index contributed by atoms with van der Waals surface area (Å²) in [6.45, 7) is 26.0. The molecule has 2 rings (SSSR count). The standard InChI is InChI=1S/C36H54O6/c1-22(41-29(37)16-14-23-18-25(33(2,3)4)31(39)26(19-23)34(5,6)7)42-30(38)17-15-24-20-27(35(8,9)10)32(40)28(21-24)36(11,12)13/h14-18,20,22-24,26,28H,19,21H2,1-13H3. The molecule has 0 heterocycles. The summed E-state index contributed by atoms with van der Waals surface area (Å²) in [6, 6.07) is 0. The topological polar surface area (TPSA) is 86.7 Å². The first-order valence-corrected chi connectivity index (χ1v) is 15.2. The van der Waals surface area contributed by atoms with Crippen molar-refractivity contribution in [2.45, 2.75) is 109 Å². The summed E-state index contributed by atoms with van der Waals surface area (Å²) < 4.78 is 10.6. The van der Waals surface area contributed by atoms with Gasteiger partial charge in [0.2, 0.25) is 6.29 Å². The molecule has 0 N–H and O–H groups in total. The van der Waals surface area contributed by atoms with Crippen LogP contribution in [0.3, 0.4) is 0 Å². The highest BCUT2D eigenvalue weighted by Crippen LogP contribution is 2.44. The van der Waals surface area contributed by atoms with Crippen LogP contribution in [-0.2, 0) is 28.7 Å². The van der Waals surface area contributed by atoms with E-state index in [0.717, 1.165) is 11.1 Å². The Hall–Kier alpha value is -2.76. The molecule has 0 aromatic carbocycles. The molecule has 2 aliphatic carbocycles. The van der Waals surface area contributed by atoms with Gasteiger partial charge in [0.1, 0.15) is 0 Å². The Balaban J connectivity index is 2.05. The second-order valence-electron chi connectivity index (χ2n) is 16.2. The molecule has 0 radical (unpaired) electrons. The molecule has 2 aliphatic rings. The summed E-state index contributed by atoms with van der Waals surface area (Å²) in [5.41, 5.74) is 0.576. The summed E-state index contributed by atoms with van der Waals surface area (Å²) in [5.74, 6) is -1.35. The zero-order valence-electron chi connectivity index (χ0n) is 28.2. The van der Waals surface area contributed by atoms with E-state index in [-0.39, 0.29) is 56.9 Å². The number of ketones is 2. The lowest BCUT2D eigenvalue weighted by molar-refractivity contribution is -0.177. The van der Waals surface area contributed by atoms with Crippen LogP contribution in [-0.4, -0.2) is 29.8 Å². The monoisotopic (exact) mass is 582 g/mol. The fourth-order valence-corrected chi connectivity index (χ4v) is 5.70. The summed E-state index contributed by atoms with van der Waals surface area (Å²) >= 11 is 0. The van der Waals surface area contributed by atoms with Crippen molar-refractivity contribution in [3.63, 3.8) is 0 Å². The smallest absolute Gasteiger partial charge is 0.333 e. The first kappa shape index (κ1) is 35.4. The number of carbonyl (C=O) groups is 4. The van der Waals surface area contributed by atoms with Crippen LogP contribution in [0.5, 0.6) is 0 Å². The zero-order chi connectivity index (χ0) is 32.4. The van der Waals surface area contributed by atoms with Crippen LogP contribution in [0, 0.1) is 45.3 Å². The number of hydrogen-bond donors (Lipinski definition) is 0. The average Bonchev–Trinajstić information content (AvgIpc) is 2.79. The minimum absolute atomic E-state index is 0.0835. The van der Waals surface area contributed by atoms with E-state index in [2.05, 4.69) is 41.5 Å². The van der Waals surface area contributed by atoms with Crippen molar-refractivity contribution in [3.05, 3.63) is 47.6 Å². The van der Waals surface area contributed by atoms with Crippen LogP contribution in [0.15, 0.2) is 47.6 Å². The maximum Gasteiger partial charge on any atom is 0.333 e. The summed E-state index contributed by atoms with van der Waals surface area (Å²) in [7, 11) is 0. The van der Waals surface area contributed by atoms with Gasteiger partial charge >= 0.3 is 11.9 Å². The van der Waals surface area contributed by atoms with Gasteiger partial charge in [0.05, 0.1) is 0 Å². The van der Waals surface area contributed by atoms with Gasteiger partial charge in [-0.15, -0.1) is 0 Å². The maximum atomic E-state index is 13.2. The highest BCUT2D eigenvalue weighted by Gasteiger charge is 2.41. The normalized spacial score (nSPS) is 25.4. The van der Waals surface area contributed by atoms with Crippen LogP contribution >= 0.6 is 0 Å². The van der Waals surface area contributed by atoms with Crippen molar-refractivity contribution in [2.24, 2.45) is 45.3 Å². The SMILES string of the molecule is CC(OC(=O)C=CC1C=C(C(C)(C)C)C(=O)C(C(C)(C)C)C1)OC(=O)C=CC1C=C(C(C)(C)C)C(=O)C(C(C)(C)C)C1. The molecule has 0 saturated heterocycles. The first-order valence-electron chi connectivity index (χ1n) is 15.2. The van der Waals surface area contributed by atoms with Crippen LogP contribution in [0.25, 0.3) is 0 Å². The van der Waals surface area contributed by atoms with Crippen molar-refractivity contribution in [3.8, 4) is 0 Å². The quantitative estimate of drug-likeness (QED) is 0.179. The van der Waals surface area contributed by atoms with Crippen LogP contribution in [0.2, 0.25) is 0 Å². The van der Waals surface area contributed by atoms with Crippen molar-refractivity contribution in [2.75, 3.05) is 0 Å². The van der Waals surface area contributed by atoms with E-state index in [1.807, 2.05) is 53.7 Å². The number of Topliss-reactive ketones (excluding diaryl/α,β-unsaturated/α-hetero) is 2. The highest BCUT2D eigenvalue weighted by molar-refractivity contribution is 6.00. The van der Waals surface area contributed by atoms with Gasteiger partial charge in [-0.25, -0.2) is 9.59 Å². The summed E-state index contributed by atoms with van der Waals surface area (Å²) in [5, 5.41) is 0. The molecule has 0 bridgehead atoms. The third-order valence-corrected chi connectivity index (χ3v) is 8.17. The van der Waals surface area contributed by atoms with E-state index in [1.165, 1.54) is 19.1 Å². The molecule has 0 aromatic rings.